The van der Waals surface area contributed by atoms with Crippen LogP contribution in [0.5, 0.6) is 0 Å². The normalized spacial score (nSPS) is 21.1. The first kappa shape index (κ1) is 18.9. The van der Waals surface area contributed by atoms with Crippen LogP contribution in [0.3, 0.4) is 0 Å². The van der Waals surface area contributed by atoms with Gasteiger partial charge in [-0.2, -0.15) is 9.65 Å². The maximum absolute atomic E-state index is 12.7. The zero-order valence-corrected chi connectivity index (χ0v) is 14.6. The number of rotatable bonds is 6. The van der Waals surface area contributed by atoms with Crippen molar-refractivity contribution in [2.24, 2.45) is 5.92 Å². The Morgan fingerprint density at radius 2 is 1.96 bits per heavy atom. The van der Waals surface area contributed by atoms with Gasteiger partial charge in [-0.25, -0.2) is 4.79 Å². The van der Waals surface area contributed by atoms with Crippen LogP contribution in [0.25, 0.3) is 0 Å². The number of halogens is 1. The number of aryl methyl sites for hydroxylation is 1. The first-order chi connectivity index (χ1) is 12.1. The highest BCUT2D eigenvalue weighted by Gasteiger charge is 2.23. The van der Waals surface area contributed by atoms with E-state index in [0.717, 1.165) is 38.5 Å². The second kappa shape index (κ2) is 9.78. The molecule has 0 spiro atoms. The Kier molecular flexibility index (Phi) is 7.40. The maximum atomic E-state index is 12.7. The molecule has 0 bridgehead atoms. The lowest BCUT2D eigenvalue weighted by Crippen LogP contribution is -2.24. The number of nitrogens with zero attached hydrogens (tertiary/aromatic N) is 1. The van der Waals surface area contributed by atoms with E-state index in [0.29, 0.717) is 11.5 Å². The van der Waals surface area contributed by atoms with Gasteiger partial charge >= 0.3 is 5.97 Å². The first-order valence-electron chi connectivity index (χ1n) is 8.86. The molecule has 25 heavy (non-hydrogen) atoms. The van der Waals surface area contributed by atoms with Gasteiger partial charge in [0.25, 0.3) is 0 Å². The second-order valence-corrected chi connectivity index (χ2v) is 6.40. The van der Waals surface area contributed by atoms with Gasteiger partial charge in [0.2, 0.25) is 0 Å². The molecule has 1 fully saturated rings. The SMILES string of the molecule is CCCc1ccc(C(=O)OC2CCC(/C=C/C=C(F)C#N)CC2)cc1. The van der Waals surface area contributed by atoms with Crippen LogP contribution in [0.4, 0.5) is 4.39 Å². The van der Waals surface area contributed by atoms with Gasteiger partial charge in [0.15, 0.2) is 5.83 Å². The number of carbonyl (C=O) groups is 1. The molecule has 132 valence electrons. The molecule has 0 N–H and O–H groups in total. The number of hydrogen-bond donors (Lipinski definition) is 0. The number of allylic oxidation sites excluding steroid dienone is 4. The Morgan fingerprint density at radius 1 is 1.28 bits per heavy atom. The van der Waals surface area contributed by atoms with Crippen molar-refractivity contribution in [3.8, 4) is 6.07 Å². The molecule has 0 atom stereocenters. The summed E-state index contributed by atoms with van der Waals surface area (Å²) in [5, 5.41) is 8.35. The fourth-order valence-electron chi connectivity index (χ4n) is 3.05. The van der Waals surface area contributed by atoms with Gasteiger partial charge in [0, 0.05) is 0 Å². The predicted octanol–water partition coefficient (Wildman–Crippen LogP) is 5.29. The van der Waals surface area contributed by atoms with Crippen molar-refractivity contribution in [3.63, 3.8) is 0 Å². The summed E-state index contributed by atoms with van der Waals surface area (Å²) in [4.78, 5) is 12.2. The summed E-state index contributed by atoms with van der Waals surface area (Å²) in [6.45, 7) is 2.13. The van der Waals surface area contributed by atoms with Crippen LogP contribution < -0.4 is 0 Å². The lowest BCUT2D eigenvalue weighted by atomic mass is 9.87. The lowest BCUT2D eigenvalue weighted by Gasteiger charge is -2.26. The lowest BCUT2D eigenvalue weighted by molar-refractivity contribution is 0.0185. The standard InChI is InChI=1S/C21H24FNO2/c1-2-4-16-7-11-18(12-8-16)21(24)25-20-13-9-17(10-14-20)5-3-6-19(22)15-23/h3,5-8,11-12,17,20H,2,4,9-10,13-14H2,1H3/b5-3+,19-6?. The van der Waals surface area contributed by atoms with E-state index in [1.54, 1.807) is 6.08 Å². The van der Waals surface area contributed by atoms with Gasteiger partial charge in [-0.1, -0.05) is 37.6 Å². The minimum absolute atomic E-state index is 0.0566. The molecule has 3 nitrogen and oxygen atoms in total. The van der Waals surface area contributed by atoms with Gasteiger partial charge in [-0.15, -0.1) is 0 Å². The van der Waals surface area contributed by atoms with Crippen LogP contribution in [-0.2, 0) is 11.2 Å². The average Bonchev–Trinajstić information content (AvgIpc) is 2.64. The fourth-order valence-corrected chi connectivity index (χ4v) is 3.05. The summed E-state index contributed by atoms with van der Waals surface area (Å²) in [6.07, 6.45) is 10.1. The third-order valence-electron chi connectivity index (χ3n) is 4.45. The van der Waals surface area contributed by atoms with Crippen LogP contribution in [-0.4, -0.2) is 12.1 Å². The molecule has 0 aliphatic heterocycles. The number of nitriles is 1. The summed E-state index contributed by atoms with van der Waals surface area (Å²) >= 11 is 0. The van der Waals surface area contributed by atoms with E-state index in [1.807, 2.05) is 30.3 Å². The minimum Gasteiger partial charge on any atom is -0.459 e. The molecular formula is C21H24FNO2. The summed E-state index contributed by atoms with van der Waals surface area (Å²) in [6, 6.07) is 9.07. The van der Waals surface area contributed by atoms with Crippen molar-refractivity contribution in [1.82, 2.24) is 0 Å². The molecule has 0 unspecified atom stereocenters. The Balaban J connectivity index is 1.79. The second-order valence-electron chi connectivity index (χ2n) is 6.40. The molecule has 0 radical (unpaired) electrons. The molecular weight excluding hydrogens is 317 g/mol. The summed E-state index contributed by atoms with van der Waals surface area (Å²) in [7, 11) is 0. The van der Waals surface area contributed by atoms with Gasteiger partial charge in [0.05, 0.1) is 5.56 Å². The van der Waals surface area contributed by atoms with Crippen LogP contribution in [0.15, 0.2) is 48.3 Å². The van der Waals surface area contributed by atoms with Gasteiger partial charge < -0.3 is 4.74 Å². The van der Waals surface area contributed by atoms with Crippen molar-refractivity contribution < 1.29 is 13.9 Å². The Hall–Kier alpha value is -2.41. The van der Waals surface area contributed by atoms with Gasteiger partial charge in [-0.3, -0.25) is 0 Å². The number of esters is 1. The molecule has 0 amide bonds. The highest BCUT2D eigenvalue weighted by molar-refractivity contribution is 5.89. The van der Waals surface area contributed by atoms with Crippen LogP contribution in [0.2, 0.25) is 0 Å². The van der Waals surface area contributed by atoms with E-state index in [1.165, 1.54) is 17.7 Å². The molecule has 0 aromatic heterocycles. The smallest absolute Gasteiger partial charge is 0.338 e. The van der Waals surface area contributed by atoms with Crippen LogP contribution in [0, 0.1) is 17.2 Å². The highest BCUT2D eigenvalue weighted by Crippen LogP contribution is 2.28. The zero-order chi connectivity index (χ0) is 18.1. The molecule has 1 saturated carbocycles. The molecule has 0 saturated heterocycles. The molecule has 2 rings (SSSR count). The van der Waals surface area contributed by atoms with Gasteiger partial charge in [-0.05, 0) is 61.8 Å². The van der Waals surface area contributed by atoms with Gasteiger partial charge in [0.1, 0.15) is 12.2 Å². The Bertz CT molecular complexity index is 662. The quantitative estimate of drug-likeness (QED) is 0.401. The third kappa shape index (κ3) is 6.19. The van der Waals surface area contributed by atoms with E-state index < -0.39 is 5.83 Å². The topological polar surface area (TPSA) is 50.1 Å². The molecule has 4 heteroatoms. The van der Waals surface area contributed by atoms with Crippen molar-refractivity contribution in [1.29, 1.82) is 5.26 Å². The molecule has 1 aromatic carbocycles. The Morgan fingerprint density at radius 3 is 2.56 bits per heavy atom. The van der Waals surface area contributed by atoms with Crippen molar-refractivity contribution in [2.75, 3.05) is 0 Å². The summed E-state index contributed by atoms with van der Waals surface area (Å²) in [5.74, 6) is -0.712. The molecule has 0 heterocycles. The van der Waals surface area contributed by atoms with Crippen molar-refractivity contribution in [3.05, 3.63) is 59.4 Å². The first-order valence-corrected chi connectivity index (χ1v) is 8.86. The maximum Gasteiger partial charge on any atom is 0.338 e. The fraction of sp³-hybridized carbons (Fsp3) is 0.429. The number of benzene rings is 1. The Labute approximate surface area is 148 Å². The average molecular weight is 341 g/mol. The summed E-state index contributed by atoms with van der Waals surface area (Å²) in [5.41, 5.74) is 1.83. The van der Waals surface area contributed by atoms with Crippen LogP contribution in [0.1, 0.15) is 54.9 Å². The van der Waals surface area contributed by atoms with E-state index in [4.69, 9.17) is 10.00 Å². The monoisotopic (exact) mass is 341 g/mol. The van der Waals surface area contributed by atoms with E-state index in [-0.39, 0.29) is 12.1 Å². The third-order valence-corrected chi connectivity index (χ3v) is 4.45. The van der Waals surface area contributed by atoms with E-state index in [2.05, 4.69) is 6.92 Å². The number of hydrogen-bond acceptors (Lipinski definition) is 3. The zero-order valence-electron chi connectivity index (χ0n) is 14.6. The molecule has 1 aromatic rings. The molecule has 1 aliphatic rings. The van der Waals surface area contributed by atoms with Crippen LogP contribution >= 0.6 is 0 Å². The number of ether oxygens (including phenoxy) is 1. The van der Waals surface area contributed by atoms with E-state index >= 15 is 0 Å². The van der Waals surface area contributed by atoms with E-state index in [9.17, 15) is 9.18 Å². The summed E-state index contributed by atoms with van der Waals surface area (Å²) < 4.78 is 18.3. The highest BCUT2D eigenvalue weighted by atomic mass is 19.1. The van der Waals surface area contributed by atoms with Crippen molar-refractivity contribution in [2.45, 2.75) is 51.6 Å². The minimum atomic E-state index is -0.788. The number of carbonyl (C=O) groups excluding carboxylic acids is 1. The van der Waals surface area contributed by atoms with Crippen molar-refractivity contribution >= 4 is 5.97 Å². The largest absolute Gasteiger partial charge is 0.459 e. The molecule has 1 aliphatic carbocycles. The predicted molar refractivity (Wildman–Crippen MR) is 95.5 cm³/mol.